The third kappa shape index (κ3) is 1.71. The Bertz CT molecular complexity index is 255. The van der Waals surface area contributed by atoms with E-state index < -0.39 is 11.8 Å². The summed E-state index contributed by atoms with van der Waals surface area (Å²) in [5, 5.41) is 8.48. The molecule has 0 aliphatic heterocycles. The van der Waals surface area contributed by atoms with Gasteiger partial charge in [0.05, 0.1) is 11.7 Å². The predicted molar refractivity (Wildman–Crippen MR) is 40.3 cm³/mol. The zero-order valence-electron chi connectivity index (χ0n) is 6.58. The van der Waals surface area contributed by atoms with E-state index in [1.165, 1.54) is 19.3 Å². The highest BCUT2D eigenvalue weighted by molar-refractivity contribution is 5.91. The number of hydrogen-bond donors (Lipinski definition) is 1. The zero-order chi connectivity index (χ0) is 9.14. The van der Waals surface area contributed by atoms with E-state index in [-0.39, 0.29) is 11.7 Å². The van der Waals surface area contributed by atoms with Gasteiger partial charge >= 0.3 is 5.97 Å². The van der Waals surface area contributed by atoms with Crippen molar-refractivity contribution in [3.8, 4) is 0 Å². The fourth-order valence-corrected chi connectivity index (χ4v) is 1.01. The van der Waals surface area contributed by atoms with Crippen LogP contribution in [-0.2, 0) is 9.53 Å². The Kier molecular flexibility index (Phi) is 2.60. The lowest BCUT2D eigenvalue weighted by Gasteiger charge is -2.13. The molecule has 1 rings (SSSR count). The molecule has 0 aromatic rings. The summed E-state index contributed by atoms with van der Waals surface area (Å²) >= 11 is 0. The summed E-state index contributed by atoms with van der Waals surface area (Å²) < 4.78 is 17.7. The van der Waals surface area contributed by atoms with E-state index in [0.29, 0.717) is 6.42 Å². The molecule has 1 atom stereocenters. The maximum atomic E-state index is 12.9. The number of halogens is 1. The monoisotopic (exact) mass is 172 g/mol. The van der Waals surface area contributed by atoms with E-state index in [1.54, 1.807) is 0 Å². The highest BCUT2D eigenvalue weighted by atomic mass is 19.1. The number of hydrogen-bond acceptors (Lipinski definition) is 2. The van der Waals surface area contributed by atoms with Crippen molar-refractivity contribution in [2.45, 2.75) is 12.5 Å². The molecule has 0 saturated carbocycles. The normalized spacial score (nSPS) is 23.0. The van der Waals surface area contributed by atoms with Crippen LogP contribution in [0.2, 0.25) is 0 Å². The van der Waals surface area contributed by atoms with Crippen LogP contribution in [0.15, 0.2) is 23.6 Å². The fourth-order valence-electron chi connectivity index (χ4n) is 1.01. The summed E-state index contributed by atoms with van der Waals surface area (Å²) in [7, 11) is 1.45. The lowest BCUT2D eigenvalue weighted by atomic mass is 10.0. The minimum absolute atomic E-state index is 0.275. The molecule has 0 spiro atoms. The molecular formula is C8H9FO3. The van der Waals surface area contributed by atoms with E-state index in [0.717, 1.165) is 0 Å². The van der Waals surface area contributed by atoms with Crippen LogP contribution >= 0.6 is 0 Å². The molecule has 0 heterocycles. The molecule has 3 nitrogen and oxygen atoms in total. The largest absolute Gasteiger partial charge is 0.478 e. The Morgan fingerprint density at radius 3 is 2.92 bits per heavy atom. The molecular weight excluding hydrogens is 163 g/mol. The van der Waals surface area contributed by atoms with Crippen LogP contribution in [-0.4, -0.2) is 24.3 Å². The first-order valence-corrected chi connectivity index (χ1v) is 3.49. The number of ether oxygens (including phenoxy) is 1. The minimum Gasteiger partial charge on any atom is -0.478 e. The van der Waals surface area contributed by atoms with Gasteiger partial charge in [0, 0.05) is 7.11 Å². The standard InChI is InChI=1S/C8H9FO3/c1-12-5-2-3-6(8(10)11)7(9)4-5/h3-5H,2H2,1H3,(H,10,11). The molecule has 1 aliphatic rings. The van der Waals surface area contributed by atoms with Gasteiger partial charge in [0.1, 0.15) is 5.83 Å². The average molecular weight is 172 g/mol. The van der Waals surface area contributed by atoms with Crippen LogP contribution in [0.4, 0.5) is 4.39 Å². The van der Waals surface area contributed by atoms with Crippen molar-refractivity contribution in [2.24, 2.45) is 0 Å². The second-order valence-electron chi connectivity index (χ2n) is 2.45. The summed E-state index contributed by atoms with van der Waals surface area (Å²) in [5.74, 6) is -1.96. The highest BCUT2D eigenvalue weighted by Crippen LogP contribution is 2.21. The number of carboxylic acid groups (broad SMARTS) is 1. The van der Waals surface area contributed by atoms with Crippen molar-refractivity contribution in [1.29, 1.82) is 0 Å². The maximum absolute atomic E-state index is 12.9. The van der Waals surface area contributed by atoms with Gasteiger partial charge in [-0.15, -0.1) is 0 Å². The molecule has 0 fully saturated rings. The molecule has 0 amide bonds. The van der Waals surface area contributed by atoms with Crippen molar-refractivity contribution in [3.63, 3.8) is 0 Å². The zero-order valence-corrected chi connectivity index (χ0v) is 6.58. The molecule has 0 bridgehead atoms. The quantitative estimate of drug-likeness (QED) is 0.682. The first kappa shape index (κ1) is 8.93. The third-order valence-corrected chi connectivity index (χ3v) is 1.68. The molecule has 0 radical (unpaired) electrons. The average Bonchev–Trinajstić information content (AvgIpc) is 2.03. The third-order valence-electron chi connectivity index (χ3n) is 1.68. The molecule has 1 aliphatic carbocycles. The molecule has 0 saturated heterocycles. The lowest BCUT2D eigenvalue weighted by Crippen LogP contribution is -2.14. The minimum atomic E-state index is -1.24. The first-order chi connectivity index (χ1) is 5.65. The number of carboxylic acids is 1. The summed E-state index contributed by atoms with van der Waals surface area (Å²) in [5.41, 5.74) is -0.275. The second kappa shape index (κ2) is 3.49. The van der Waals surface area contributed by atoms with E-state index in [2.05, 4.69) is 0 Å². The van der Waals surface area contributed by atoms with Crippen LogP contribution in [0.1, 0.15) is 6.42 Å². The number of aliphatic carboxylic acids is 1. The van der Waals surface area contributed by atoms with E-state index in [1.807, 2.05) is 0 Å². The van der Waals surface area contributed by atoms with Crippen molar-refractivity contribution >= 4 is 5.97 Å². The maximum Gasteiger partial charge on any atom is 0.338 e. The van der Waals surface area contributed by atoms with Gasteiger partial charge in [-0.25, -0.2) is 9.18 Å². The van der Waals surface area contributed by atoms with Crippen LogP contribution in [0.5, 0.6) is 0 Å². The van der Waals surface area contributed by atoms with Gasteiger partial charge < -0.3 is 9.84 Å². The Hall–Kier alpha value is -1.16. The number of carbonyl (C=O) groups is 1. The van der Waals surface area contributed by atoms with Gasteiger partial charge in [-0.1, -0.05) is 6.08 Å². The predicted octanol–water partition coefficient (Wildman–Crippen LogP) is 1.27. The molecule has 1 N–H and O–H groups in total. The molecule has 1 unspecified atom stereocenters. The van der Waals surface area contributed by atoms with Gasteiger partial charge in [-0.2, -0.15) is 0 Å². The van der Waals surface area contributed by atoms with E-state index in [9.17, 15) is 9.18 Å². The Balaban J connectivity index is 2.79. The van der Waals surface area contributed by atoms with Crippen molar-refractivity contribution in [2.75, 3.05) is 7.11 Å². The van der Waals surface area contributed by atoms with E-state index in [4.69, 9.17) is 9.84 Å². The number of rotatable bonds is 2. The SMILES string of the molecule is COC1C=C(F)C(C(=O)O)=CC1. The van der Waals surface area contributed by atoms with Gasteiger partial charge in [0.2, 0.25) is 0 Å². The van der Waals surface area contributed by atoms with Crippen molar-refractivity contribution in [1.82, 2.24) is 0 Å². The number of methoxy groups -OCH3 is 1. The molecule has 66 valence electrons. The van der Waals surface area contributed by atoms with Crippen LogP contribution in [0.25, 0.3) is 0 Å². The van der Waals surface area contributed by atoms with Crippen LogP contribution in [0.3, 0.4) is 0 Å². The smallest absolute Gasteiger partial charge is 0.338 e. The summed E-state index contributed by atoms with van der Waals surface area (Å²) in [4.78, 5) is 10.4. The Labute approximate surface area is 69.1 Å². The van der Waals surface area contributed by atoms with Crippen molar-refractivity contribution < 1.29 is 19.0 Å². The Morgan fingerprint density at radius 2 is 2.50 bits per heavy atom. The van der Waals surface area contributed by atoms with Crippen LogP contribution < -0.4 is 0 Å². The van der Waals surface area contributed by atoms with Crippen molar-refractivity contribution in [3.05, 3.63) is 23.6 Å². The topological polar surface area (TPSA) is 46.5 Å². The fraction of sp³-hybridized carbons (Fsp3) is 0.375. The highest BCUT2D eigenvalue weighted by Gasteiger charge is 2.19. The summed E-state index contributed by atoms with van der Waals surface area (Å²) in [6, 6.07) is 0. The summed E-state index contributed by atoms with van der Waals surface area (Å²) in [6.07, 6.45) is 2.56. The van der Waals surface area contributed by atoms with Gasteiger partial charge in [-0.3, -0.25) is 0 Å². The Morgan fingerprint density at radius 1 is 1.83 bits per heavy atom. The molecule has 0 aromatic heterocycles. The summed E-state index contributed by atoms with van der Waals surface area (Å²) in [6.45, 7) is 0. The first-order valence-electron chi connectivity index (χ1n) is 3.49. The second-order valence-corrected chi connectivity index (χ2v) is 2.45. The molecule has 0 aromatic carbocycles. The van der Waals surface area contributed by atoms with Crippen LogP contribution in [0, 0.1) is 0 Å². The van der Waals surface area contributed by atoms with Gasteiger partial charge in [0.15, 0.2) is 0 Å². The van der Waals surface area contributed by atoms with Gasteiger partial charge in [0.25, 0.3) is 0 Å². The molecule has 12 heavy (non-hydrogen) atoms. The molecule has 4 heteroatoms. The lowest BCUT2D eigenvalue weighted by molar-refractivity contribution is -0.132. The van der Waals surface area contributed by atoms with Gasteiger partial charge in [-0.05, 0) is 12.5 Å². The van der Waals surface area contributed by atoms with E-state index >= 15 is 0 Å².